The third-order valence-electron chi connectivity index (χ3n) is 3.91. The Morgan fingerprint density at radius 2 is 2.19 bits per heavy atom. The Kier molecular flexibility index (Phi) is 4.31. The molecule has 1 aliphatic heterocycles. The molecule has 0 bridgehead atoms. The summed E-state index contributed by atoms with van der Waals surface area (Å²) in [6.45, 7) is 4.51. The van der Waals surface area contributed by atoms with Crippen molar-refractivity contribution in [2.75, 3.05) is 18.0 Å². The van der Waals surface area contributed by atoms with Crippen LogP contribution in [0.25, 0.3) is 0 Å². The number of carbonyl (C=O) groups is 1. The van der Waals surface area contributed by atoms with E-state index in [0.717, 1.165) is 36.8 Å². The normalized spacial score (nSPS) is 18.7. The molecule has 5 heteroatoms. The van der Waals surface area contributed by atoms with Crippen LogP contribution in [-0.4, -0.2) is 34.9 Å². The van der Waals surface area contributed by atoms with Crippen LogP contribution in [0, 0.1) is 0 Å². The molecule has 0 radical (unpaired) electrons. The molecule has 0 saturated carbocycles. The van der Waals surface area contributed by atoms with Gasteiger partial charge >= 0.3 is 0 Å². The van der Waals surface area contributed by atoms with Gasteiger partial charge in [-0.3, -0.25) is 9.69 Å². The van der Waals surface area contributed by atoms with Crippen LogP contribution in [0.1, 0.15) is 18.4 Å². The fourth-order valence-corrected chi connectivity index (χ4v) is 3.46. The Morgan fingerprint density at radius 1 is 1.38 bits per heavy atom. The second-order valence-electron chi connectivity index (χ2n) is 5.12. The minimum absolute atomic E-state index is 0.0286. The number of para-hydroxylation sites is 1. The first-order chi connectivity index (χ1) is 10.3. The molecule has 2 heterocycles. The largest absolute Gasteiger partial charge is 0.311 e. The molecule has 1 atom stereocenters. The molecule has 3 rings (SSSR count). The minimum atomic E-state index is -0.0286. The Morgan fingerprint density at radius 3 is 2.86 bits per heavy atom. The first-order valence-corrected chi connectivity index (χ1v) is 8.16. The van der Waals surface area contributed by atoms with E-state index < -0.39 is 0 Å². The van der Waals surface area contributed by atoms with E-state index in [4.69, 9.17) is 0 Å². The van der Waals surface area contributed by atoms with Crippen LogP contribution in [0.15, 0.2) is 41.9 Å². The van der Waals surface area contributed by atoms with Crippen LogP contribution in [0.5, 0.6) is 0 Å². The summed E-state index contributed by atoms with van der Waals surface area (Å²) in [5, 5.41) is 3.05. The topological polar surface area (TPSA) is 36.4 Å². The predicted octanol–water partition coefficient (Wildman–Crippen LogP) is 2.77. The summed E-state index contributed by atoms with van der Waals surface area (Å²) in [5.74, 6) is 0.208. The molecular weight excluding hydrogens is 282 g/mol. The number of aromatic nitrogens is 1. The van der Waals surface area contributed by atoms with Crippen molar-refractivity contribution in [3.63, 3.8) is 0 Å². The SMILES string of the molecule is CCN(Cc1nccs1)C1CCN(c2ccccc2)C1=O. The van der Waals surface area contributed by atoms with E-state index in [2.05, 4.69) is 16.8 Å². The number of hydrogen-bond acceptors (Lipinski definition) is 4. The van der Waals surface area contributed by atoms with Crippen molar-refractivity contribution in [2.45, 2.75) is 25.9 Å². The molecular formula is C16H19N3OS. The summed E-state index contributed by atoms with van der Waals surface area (Å²) in [7, 11) is 0. The van der Waals surface area contributed by atoms with Crippen LogP contribution in [0.3, 0.4) is 0 Å². The van der Waals surface area contributed by atoms with Crippen LogP contribution in [-0.2, 0) is 11.3 Å². The Labute approximate surface area is 129 Å². The van der Waals surface area contributed by atoms with Crippen molar-refractivity contribution in [3.05, 3.63) is 46.9 Å². The lowest BCUT2D eigenvalue weighted by Gasteiger charge is -2.25. The maximum Gasteiger partial charge on any atom is 0.244 e. The minimum Gasteiger partial charge on any atom is -0.311 e. The number of nitrogens with zero attached hydrogens (tertiary/aromatic N) is 3. The standard InChI is InChI=1S/C16H19N3OS/c1-2-18(12-15-17-9-11-21-15)14-8-10-19(16(14)20)13-6-4-3-5-7-13/h3-7,9,11,14H,2,8,10,12H2,1H3. The third kappa shape index (κ3) is 2.99. The average molecular weight is 301 g/mol. The van der Waals surface area contributed by atoms with Gasteiger partial charge in [-0.2, -0.15) is 0 Å². The number of amides is 1. The molecule has 1 fully saturated rings. The number of benzene rings is 1. The van der Waals surface area contributed by atoms with E-state index in [-0.39, 0.29) is 11.9 Å². The second kappa shape index (κ2) is 6.37. The smallest absolute Gasteiger partial charge is 0.244 e. The lowest BCUT2D eigenvalue weighted by molar-refractivity contribution is -0.121. The van der Waals surface area contributed by atoms with Crippen LogP contribution in [0.2, 0.25) is 0 Å². The Bertz CT molecular complexity index is 585. The molecule has 0 aliphatic carbocycles. The lowest BCUT2D eigenvalue weighted by atomic mass is 10.2. The number of likely N-dealkylation sites (N-methyl/N-ethyl adjacent to an activating group) is 1. The summed E-state index contributed by atoms with van der Waals surface area (Å²) < 4.78 is 0. The fourth-order valence-electron chi connectivity index (χ4n) is 2.82. The molecule has 21 heavy (non-hydrogen) atoms. The number of rotatable bonds is 5. The van der Waals surface area contributed by atoms with Crippen LogP contribution < -0.4 is 4.90 Å². The van der Waals surface area contributed by atoms with Gasteiger partial charge in [-0.15, -0.1) is 11.3 Å². The summed E-state index contributed by atoms with van der Waals surface area (Å²) in [6, 6.07) is 9.89. The number of thiazole rings is 1. The average Bonchev–Trinajstić information content (AvgIpc) is 3.15. The summed E-state index contributed by atoms with van der Waals surface area (Å²) in [5.41, 5.74) is 0.996. The number of carbonyl (C=O) groups excluding carboxylic acids is 1. The number of hydrogen-bond donors (Lipinski definition) is 0. The zero-order valence-corrected chi connectivity index (χ0v) is 12.9. The number of anilines is 1. The maximum atomic E-state index is 12.7. The summed E-state index contributed by atoms with van der Waals surface area (Å²) >= 11 is 1.65. The lowest BCUT2D eigenvalue weighted by Crippen LogP contribution is -2.41. The molecule has 2 aromatic rings. The van der Waals surface area contributed by atoms with Crippen molar-refractivity contribution in [1.29, 1.82) is 0 Å². The van der Waals surface area contributed by atoms with E-state index >= 15 is 0 Å². The van der Waals surface area contributed by atoms with Crippen molar-refractivity contribution >= 4 is 22.9 Å². The van der Waals surface area contributed by atoms with E-state index in [0.29, 0.717) is 0 Å². The Hall–Kier alpha value is -1.72. The Balaban J connectivity index is 1.73. The molecule has 1 amide bonds. The zero-order chi connectivity index (χ0) is 14.7. The van der Waals surface area contributed by atoms with Gasteiger partial charge in [-0.05, 0) is 25.1 Å². The zero-order valence-electron chi connectivity index (χ0n) is 12.1. The highest BCUT2D eigenvalue weighted by Gasteiger charge is 2.36. The highest BCUT2D eigenvalue weighted by atomic mass is 32.1. The van der Waals surface area contributed by atoms with Crippen LogP contribution in [0.4, 0.5) is 5.69 Å². The van der Waals surface area contributed by atoms with Gasteiger partial charge in [0.2, 0.25) is 5.91 Å². The molecule has 1 aliphatic rings. The molecule has 1 unspecified atom stereocenters. The van der Waals surface area contributed by atoms with E-state index in [1.165, 1.54) is 0 Å². The van der Waals surface area contributed by atoms with Gasteiger partial charge in [0.05, 0.1) is 12.6 Å². The maximum absolute atomic E-state index is 12.7. The van der Waals surface area contributed by atoms with Crippen LogP contribution >= 0.6 is 11.3 Å². The fraction of sp³-hybridized carbons (Fsp3) is 0.375. The van der Waals surface area contributed by atoms with E-state index in [1.807, 2.05) is 46.8 Å². The molecule has 1 saturated heterocycles. The van der Waals surface area contributed by atoms with Gasteiger partial charge in [-0.25, -0.2) is 4.98 Å². The molecule has 4 nitrogen and oxygen atoms in total. The van der Waals surface area contributed by atoms with Crippen molar-refractivity contribution < 1.29 is 4.79 Å². The van der Waals surface area contributed by atoms with Gasteiger partial charge < -0.3 is 4.90 Å². The van der Waals surface area contributed by atoms with Crippen molar-refractivity contribution in [2.24, 2.45) is 0 Å². The quantitative estimate of drug-likeness (QED) is 0.852. The molecule has 0 N–H and O–H groups in total. The van der Waals surface area contributed by atoms with Gasteiger partial charge in [0.1, 0.15) is 5.01 Å². The molecule has 1 aromatic heterocycles. The monoisotopic (exact) mass is 301 g/mol. The molecule has 0 spiro atoms. The van der Waals surface area contributed by atoms with Gasteiger partial charge in [0.15, 0.2) is 0 Å². The highest BCUT2D eigenvalue weighted by Crippen LogP contribution is 2.25. The highest BCUT2D eigenvalue weighted by molar-refractivity contribution is 7.09. The first-order valence-electron chi connectivity index (χ1n) is 7.28. The van der Waals surface area contributed by atoms with Gasteiger partial charge in [0.25, 0.3) is 0 Å². The first kappa shape index (κ1) is 14.2. The summed E-state index contributed by atoms with van der Waals surface area (Å²) in [4.78, 5) is 21.2. The molecule has 1 aromatic carbocycles. The van der Waals surface area contributed by atoms with Crippen molar-refractivity contribution in [1.82, 2.24) is 9.88 Å². The summed E-state index contributed by atoms with van der Waals surface area (Å²) in [6.07, 6.45) is 2.70. The van der Waals surface area contributed by atoms with E-state index in [1.54, 1.807) is 11.3 Å². The molecule has 110 valence electrons. The van der Waals surface area contributed by atoms with Gasteiger partial charge in [0, 0.05) is 23.8 Å². The predicted molar refractivity (Wildman–Crippen MR) is 85.4 cm³/mol. The third-order valence-corrected chi connectivity index (χ3v) is 4.68. The van der Waals surface area contributed by atoms with Crippen molar-refractivity contribution in [3.8, 4) is 0 Å². The van der Waals surface area contributed by atoms with E-state index in [9.17, 15) is 4.79 Å². The van der Waals surface area contributed by atoms with Gasteiger partial charge in [-0.1, -0.05) is 25.1 Å². The second-order valence-corrected chi connectivity index (χ2v) is 6.10.